The molecule has 2 aliphatic rings. The Morgan fingerprint density at radius 2 is 1.68 bits per heavy atom. The van der Waals surface area contributed by atoms with E-state index in [1.807, 2.05) is 36.4 Å². The Morgan fingerprint density at radius 1 is 1.00 bits per heavy atom. The topological polar surface area (TPSA) is 120 Å². The first-order valence-corrected chi connectivity index (χ1v) is 13.2. The molecule has 9 nitrogen and oxygen atoms in total. The summed E-state index contributed by atoms with van der Waals surface area (Å²) in [6.07, 6.45) is 1.38. The lowest BCUT2D eigenvalue weighted by atomic mass is 9.93. The van der Waals surface area contributed by atoms with E-state index in [2.05, 4.69) is 10.5 Å². The Kier molecular flexibility index (Phi) is 6.59. The van der Waals surface area contributed by atoms with Crippen molar-refractivity contribution in [2.24, 2.45) is 0 Å². The summed E-state index contributed by atoms with van der Waals surface area (Å²) in [4.78, 5) is 24.4. The number of anilines is 1. The van der Waals surface area contributed by atoms with E-state index in [0.29, 0.717) is 59.4 Å². The molecule has 3 aromatic carbocycles. The van der Waals surface area contributed by atoms with Crippen LogP contribution in [0.2, 0.25) is 5.02 Å². The number of ether oxygens (including phenoxy) is 3. The highest BCUT2D eigenvalue weighted by atomic mass is 35.5. The highest BCUT2D eigenvalue weighted by molar-refractivity contribution is 6.31. The third-order valence-corrected chi connectivity index (χ3v) is 7.62. The maximum atomic E-state index is 12.7. The number of fused-ring (bicyclic) bond motifs is 1. The number of carbonyl (C=O) groups is 2. The summed E-state index contributed by atoms with van der Waals surface area (Å²) in [6, 6.07) is 18.3. The van der Waals surface area contributed by atoms with Crippen molar-refractivity contribution in [1.82, 2.24) is 5.16 Å². The molecule has 2 heterocycles. The average Bonchev–Trinajstić information content (AvgIpc) is 3.66. The van der Waals surface area contributed by atoms with Crippen LogP contribution in [0.4, 0.5) is 10.5 Å². The second kappa shape index (κ2) is 10.2. The Hall–Kier alpha value is -4.50. The third-order valence-electron chi connectivity index (χ3n) is 7.27. The molecule has 10 heteroatoms. The lowest BCUT2D eigenvalue weighted by Gasteiger charge is -2.23. The minimum absolute atomic E-state index is 0.281. The molecule has 40 heavy (non-hydrogen) atoms. The number of halogens is 1. The lowest BCUT2D eigenvalue weighted by molar-refractivity contribution is -0.140. The first-order chi connectivity index (χ1) is 19.4. The number of carboxylic acids is 1. The number of hydrogen-bond donors (Lipinski definition) is 2. The van der Waals surface area contributed by atoms with Gasteiger partial charge in [-0.05, 0) is 49.1 Å². The van der Waals surface area contributed by atoms with Crippen molar-refractivity contribution in [1.29, 1.82) is 0 Å². The van der Waals surface area contributed by atoms with Gasteiger partial charge >= 0.3 is 12.1 Å². The Morgan fingerprint density at radius 3 is 2.35 bits per heavy atom. The molecule has 0 saturated heterocycles. The van der Waals surface area contributed by atoms with Crippen LogP contribution in [0, 0.1) is 0 Å². The van der Waals surface area contributed by atoms with Crippen LogP contribution in [-0.2, 0) is 14.9 Å². The first-order valence-electron chi connectivity index (χ1n) is 12.8. The Balaban J connectivity index is 1.26. The van der Waals surface area contributed by atoms with E-state index >= 15 is 0 Å². The quantitative estimate of drug-likeness (QED) is 0.251. The highest BCUT2D eigenvalue weighted by Gasteiger charge is 2.51. The molecular weight excluding hydrogens is 536 g/mol. The summed E-state index contributed by atoms with van der Waals surface area (Å²) < 4.78 is 23.1. The Bertz CT molecular complexity index is 1590. The van der Waals surface area contributed by atoms with Gasteiger partial charge in [0, 0.05) is 16.1 Å². The van der Waals surface area contributed by atoms with Crippen LogP contribution in [-0.4, -0.2) is 35.5 Å². The molecule has 1 saturated carbocycles. The minimum Gasteiger partial charge on any atom is -0.485 e. The van der Waals surface area contributed by atoms with Gasteiger partial charge in [-0.3, -0.25) is 10.1 Å². The SMILES string of the molecule is CC(OC(=O)Nc1cnoc1-c1ccc(-c2ccc(C3(C(=O)O)CC3)cc2)c2c1OCCO2)c1ccccc1Cl. The molecular formula is C30H25ClN2O7. The fourth-order valence-corrected chi connectivity index (χ4v) is 5.24. The van der Waals surface area contributed by atoms with E-state index in [-0.39, 0.29) is 5.76 Å². The van der Waals surface area contributed by atoms with Crippen LogP contribution in [0.3, 0.4) is 0 Å². The lowest BCUT2D eigenvalue weighted by Crippen LogP contribution is -2.19. The van der Waals surface area contributed by atoms with Gasteiger partial charge in [0.15, 0.2) is 17.3 Å². The van der Waals surface area contributed by atoms with Crippen molar-refractivity contribution in [2.75, 3.05) is 18.5 Å². The van der Waals surface area contributed by atoms with E-state index in [0.717, 1.165) is 16.7 Å². The summed E-state index contributed by atoms with van der Waals surface area (Å²) in [5.74, 6) is 0.461. The number of carboxylic acid groups (broad SMARTS) is 1. The number of benzene rings is 3. The summed E-state index contributed by atoms with van der Waals surface area (Å²) >= 11 is 6.23. The number of aromatic nitrogens is 1. The first kappa shape index (κ1) is 25.8. The van der Waals surface area contributed by atoms with E-state index in [9.17, 15) is 14.7 Å². The van der Waals surface area contributed by atoms with E-state index in [4.69, 9.17) is 30.3 Å². The number of rotatable bonds is 7. The number of aliphatic carboxylic acids is 1. The molecule has 1 aliphatic heterocycles. The van der Waals surface area contributed by atoms with Gasteiger partial charge in [-0.2, -0.15) is 0 Å². The van der Waals surface area contributed by atoms with Gasteiger partial charge in [-0.25, -0.2) is 4.79 Å². The van der Waals surface area contributed by atoms with Gasteiger partial charge in [-0.1, -0.05) is 59.2 Å². The van der Waals surface area contributed by atoms with Crippen molar-refractivity contribution in [3.05, 3.63) is 83.0 Å². The fraction of sp³-hybridized carbons (Fsp3) is 0.233. The van der Waals surface area contributed by atoms with Crippen molar-refractivity contribution in [2.45, 2.75) is 31.3 Å². The number of carbonyl (C=O) groups excluding carboxylic acids is 1. The van der Waals surface area contributed by atoms with Gasteiger partial charge in [-0.15, -0.1) is 0 Å². The number of amides is 1. The second-order valence-electron chi connectivity index (χ2n) is 9.74. The molecule has 1 amide bonds. The van der Waals surface area contributed by atoms with E-state index in [1.54, 1.807) is 31.2 Å². The zero-order valence-electron chi connectivity index (χ0n) is 21.5. The molecule has 204 valence electrons. The standard InChI is InChI=1S/C30H25ClN2O7/c1-17(20-4-2-3-5-23(20)31)39-29(36)33-24-16-32-40-25(24)22-11-10-21(26-27(22)38-15-14-37-26)18-6-8-19(9-7-18)30(12-13-30)28(34)35/h2-11,16-17H,12-15H2,1H3,(H,33,36)(H,34,35). The van der Waals surface area contributed by atoms with Gasteiger partial charge in [0.25, 0.3) is 0 Å². The predicted molar refractivity (Wildman–Crippen MR) is 147 cm³/mol. The van der Waals surface area contributed by atoms with Gasteiger partial charge in [0.1, 0.15) is 25.0 Å². The summed E-state index contributed by atoms with van der Waals surface area (Å²) in [7, 11) is 0. The zero-order valence-corrected chi connectivity index (χ0v) is 22.2. The maximum Gasteiger partial charge on any atom is 0.412 e. The van der Waals surface area contributed by atoms with Gasteiger partial charge in [0.05, 0.1) is 17.2 Å². The molecule has 2 N–H and O–H groups in total. The van der Waals surface area contributed by atoms with Crippen LogP contribution in [0.25, 0.3) is 22.5 Å². The van der Waals surface area contributed by atoms with Crippen molar-refractivity contribution in [3.8, 4) is 33.9 Å². The number of hydrogen-bond acceptors (Lipinski definition) is 7. The third kappa shape index (κ3) is 4.62. The van der Waals surface area contributed by atoms with Crippen molar-refractivity contribution in [3.63, 3.8) is 0 Å². The molecule has 0 radical (unpaired) electrons. The molecule has 1 atom stereocenters. The Labute approximate surface area is 234 Å². The maximum absolute atomic E-state index is 12.7. The minimum atomic E-state index is -0.794. The van der Waals surface area contributed by atoms with Crippen molar-refractivity contribution < 1.29 is 33.4 Å². The predicted octanol–water partition coefficient (Wildman–Crippen LogP) is 6.86. The smallest absolute Gasteiger partial charge is 0.412 e. The number of nitrogens with one attached hydrogen (secondary N) is 1. The van der Waals surface area contributed by atoms with Crippen molar-refractivity contribution >= 4 is 29.4 Å². The van der Waals surface area contributed by atoms with Crippen LogP contribution in [0.5, 0.6) is 11.5 Å². The summed E-state index contributed by atoms with van der Waals surface area (Å²) in [5, 5.41) is 16.7. The molecule has 6 rings (SSSR count). The molecule has 1 aliphatic carbocycles. The van der Waals surface area contributed by atoms with Crippen LogP contribution < -0.4 is 14.8 Å². The van der Waals surface area contributed by atoms with E-state index in [1.165, 1.54) is 6.20 Å². The van der Waals surface area contributed by atoms with Crippen LogP contribution in [0.15, 0.2) is 71.4 Å². The monoisotopic (exact) mass is 560 g/mol. The molecule has 1 fully saturated rings. The fourth-order valence-electron chi connectivity index (χ4n) is 4.95. The molecule has 0 bridgehead atoms. The summed E-state index contributed by atoms with van der Waals surface area (Å²) in [5.41, 5.74) is 3.18. The molecule has 1 aromatic heterocycles. The second-order valence-corrected chi connectivity index (χ2v) is 10.2. The van der Waals surface area contributed by atoms with Gasteiger partial charge in [0.2, 0.25) is 0 Å². The van der Waals surface area contributed by atoms with Crippen LogP contribution in [0.1, 0.15) is 37.0 Å². The zero-order chi connectivity index (χ0) is 27.9. The highest BCUT2D eigenvalue weighted by Crippen LogP contribution is 2.50. The molecule has 4 aromatic rings. The molecule has 0 spiro atoms. The number of nitrogens with zero attached hydrogens (tertiary/aromatic N) is 1. The van der Waals surface area contributed by atoms with Gasteiger partial charge < -0.3 is 23.8 Å². The largest absolute Gasteiger partial charge is 0.485 e. The average molecular weight is 561 g/mol. The summed E-state index contributed by atoms with van der Waals surface area (Å²) in [6.45, 7) is 2.42. The van der Waals surface area contributed by atoms with E-state index < -0.39 is 23.6 Å². The normalized spacial score (nSPS) is 15.7. The van der Waals surface area contributed by atoms with Crippen LogP contribution >= 0.6 is 11.6 Å². The molecule has 1 unspecified atom stereocenters.